The first-order chi connectivity index (χ1) is 5.88. The Morgan fingerprint density at radius 2 is 2.58 bits per heavy atom. The topological polar surface area (TPSA) is 41.5 Å². The van der Waals surface area contributed by atoms with Crippen LogP contribution in [0.3, 0.4) is 0 Å². The molecule has 2 heterocycles. The molecule has 0 amide bonds. The summed E-state index contributed by atoms with van der Waals surface area (Å²) in [4.78, 5) is 0. The van der Waals surface area contributed by atoms with Gasteiger partial charge in [0.05, 0.1) is 19.0 Å². The molecule has 0 aliphatic carbocycles. The smallest absolute Gasteiger partial charge is 0.0912 e. The maximum atomic E-state index is 9.86. The molecule has 1 fully saturated rings. The van der Waals surface area contributed by atoms with E-state index in [0.717, 1.165) is 38.1 Å². The Kier molecular flexibility index (Phi) is 2.33. The Morgan fingerprint density at radius 3 is 3.17 bits per heavy atom. The lowest BCUT2D eigenvalue weighted by Crippen LogP contribution is -2.24. The Hall–Kier alpha value is -0.540. The van der Waals surface area contributed by atoms with Gasteiger partial charge in [-0.1, -0.05) is 0 Å². The van der Waals surface area contributed by atoms with Crippen molar-refractivity contribution in [1.29, 1.82) is 0 Å². The Bertz CT molecular complexity index is 185. The van der Waals surface area contributed by atoms with E-state index >= 15 is 0 Å². The molecule has 2 N–H and O–H groups in total. The van der Waals surface area contributed by atoms with Gasteiger partial charge in [-0.05, 0) is 18.5 Å². The highest BCUT2D eigenvalue weighted by molar-refractivity contribution is 5.10. The van der Waals surface area contributed by atoms with Gasteiger partial charge in [-0.2, -0.15) is 0 Å². The lowest BCUT2D eigenvalue weighted by molar-refractivity contribution is 0.149. The summed E-state index contributed by atoms with van der Waals surface area (Å²) in [6, 6.07) is 0. The van der Waals surface area contributed by atoms with Crippen LogP contribution in [0.15, 0.2) is 11.8 Å². The lowest BCUT2D eigenvalue weighted by atomic mass is 9.95. The summed E-state index contributed by atoms with van der Waals surface area (Å²) in [5.74, 6) is 0.401. The van der Waals surface area contributed by atoms with Crippen LogP contribution in [0.1, 0.15) is 12.8 Å². The van der Waals surface area contributed by atoms with Gasteiger partial charge >= 0.3 is 0 Å². The standard InChI is InChI=1S/C9H15NO2/c11-9(7-1-3-10-5-7)8-2-4-12-6-8/h6-7,9-11H,1-5H2/t7-,9?/m0/s1. The van der Waals surface area contributed by atoms with Gasteiger partial charge in [-0.15, -0.1) is 0 Å². The third kappa shape index (κ3) is 1.47. The molecule has 3 heteroatoms. The van der Waals surface area contributed by atoms with Crippen LogP contribution in [-0.2, 0) is 4.74 Å². The third-order valence-electron chi connectivity index (χ3n) is 2.67. The molecule has 0 radical (unpaired) electrons. The van der Waals surface area contributed by atoms with E-state index in [9.17, 15) is 5.11 Å². The van der Waals surface area contributed by atoms with Crippen LogP contribution in [0.25, 0.3) is 0 Å². The fraction of sp³-hybridized carbons (Fsp3) is 0.778. The van der Waals surface area contributed by atoms with Crippen molar-refractivity contribution in [3.8, 4) is 0 Å². The van der Waals surface area contributed by atoms with Gasteiger partial charge in [0, 0.05) is 18.9 Å². The van der Waals surface area contributed by atoms with E-state index in [1.54, 1.807) is 6.26 Å². The molecular weight excluding hydrogens is 154 g/mol. The second-order valence-corrected chi connectivity index (χ2v) is 3.51. The van der Waals surface area contributed by atoms with E-state index in [4.69, 9.17) is 4.74 Å². The molecule has 1 saturated heterocycles. The van der Waals surface area contributed by atoms with Crippen LogP contribution in [0.5, 0.6) is 0 Å². The predicted molar refractivity (Wildman–Crippen MR) is 45.6 cm³/mol. The van der Waals surface area contributed by atoms with Gasteiger partial charge < -0.3 is 15.2 Å². The first kappa shape index (κ1) is 8.08. The van der Waals surface area contributed by atoms with Crippen molar-refractivity contribution in [2.24, 2.45) is 5.92 Å². The average Bonchev–Trinajstić information content (AvgIpc) is 2.77. The van der Waals surface area contributed by atoms with Crippen molar-refractivity contribution in [1.82, 2.24) is 5.32 Å². The quantitative estimate of drug-likeness (QED) is 0.623. The van der Waals surface area contributed by atoms with Gasteiger partial charge in [-0.25, -0.2) is 0 Å². The highest BCUT2D eigenvalue weighted by Crippen LogP contribution is 2.23. The van der Waals surface area contributed by atoms with Crippen LogP contribution in [-0.4, -0.2) is 30.9 Å². The third-order valence-corrected chi connectivity index (χ3v) is 2.67. The van der Waals surface area contributed by atoms with Crippen molar-refractivity contribution < 1.29 is 9.84 Å². The Balaban J connectivity index is 1.93. The van der Waals surface area contributed by atoms with Crippen molar-refractivity contribution in [3.05, 3.63) is 11.8 Å². The minimum atomic E-state index is -0.275. The number of ether oxygens (including phenoxy) is 1. The van der Waals surface area contributed by atoms with E-state index in [2.05, 4.69) is 5.32 Å². The number of aliphatic hydroxyl groups excluding tert-OH is 1. The molecule has 2 atom stereocenters. The number of hydrogen-bond donors (Lipinski definition) is 2. The van der Waals surface area contributed by atoms with Crippen molar-refractivity contribution in [2.45, 2.75) is 18.9 Å². The molecule has 0 aromatic heterocycles. The summed E-state index contributed by atoms with van der Waals surface area (Å²) >= 11 is 0. The highest BCUT2D eigenvalue weighted by Gasteiger charge is 2.27. The van der Waals surface area contributed by atoms with E-state index in [1.165, 1.54) is 0 Å². The molecule has 3 nitrogen and oxygen atoms in total. The molecule has 2 aliphatic rings. The summed E-state index contributed by atoms with van der Waals surface area (Å²) < 4.78 is 5.10. The highest BCUT2D eigenvalue weighted by atomic mass is 16.5. The summed E-state index contributed by atoms with van der Waals surface area (Å²) in [5.41, 5.74) is 1.07. The summed E-state index contributed by atoms with van der Waals surface area (Å²) in [7, 11) is 0. The summed E-state index contributed by atoms with van der Waals surface area (Å²) in [5, 5.41) is 13.1. The number of nitrogens with one attached hydrogen (secondary N) is 1. The molecule has 68 valence electrons. The number of aliphatic hydroxyl groups is 1. The number of hydrogen-bond acceptors (Lipinski definition) is 3. The van der Waals surface area contributed by atoms with E-state index < -0.39 is 0 Å². The van der Waals surface area contributed by atoms with Crippen LogP contribution in [0.2, 0.25) is 0 Å². The normalized spacial score (nSPS) is 31.4. The van der Waals surface area contributed by atoms with Gasteiger partial charge in [0.1, 0.15) is 0 Å². The van der Waals surface area contributed by atoms with Crippen molar-refractivity contribution in [2.75, 3.05) is 19.7 Å². The second-order valence-electron chi connectivity index (χ2n) is 3.51. The Morgan fingerprint density at radius 1 is 1.67 bits per heavy atom. The largest absolute Gasteiger partial charge is 0.501 e. The van der Waals surface area contributed by atoms with Crippen LogP contribution >= 0.6 is 0 Å². The zero-order valence-electron chi connectivity index (χ0n) is 7.12. The summed E-state index contributed by atoms with van der Waals surface area (Å²) in [6.45, 7) is 2.72. The molecule has 0 aromatic rings. The fourth-order valence-corrected chi connectivity index (χ4v) is 1.87. The molecule has 1 unspecified atom stereocenters. The van der Waals surface area contributed by atoms with E-state index in [1.807, 2.05) is 0 Å². The maximum Gasteiger partial charge on any atom is 0.0912 e. The lowest BCUT2D eigenvalue weighted by Gasteiger charge is -2.16. The van der Waals surface area contributed by atoms with Crippen LogP contribution in [0.4, 0.5) is 0 Å². The van der Waals surface area contributed by atoms with Gasteiger partial charge in [0.15, 0.2) is 0 Å². The van der Waals surface area contributed by atoms with Crippen molar-refractivity contribution >= 4 is 0 Å². The van der Waals surface area contributed by atoms with E-state index in [-0.39, 0.29) is 6.10 Å². The zero-order chi connectivity index (χ0) is 8.39. The average molecular weight is 169 g/mol. The second kappa shape index (κ2) is 3.46. The van der Waals surface area contributed by atoms with Crippen molar-refractivity contribution in [3.63, 3.8) is 0 Å². The van der Waals surface area contributed by atoms with Crippen LogP contribution < -0.4 is 5.32 Å². The molecule has 2 rings (SSSR count). The maximum absolute atomic E-state index is 9.86. The molecule has 2 aliphatic heterocycles. The first-order valence-electron chi connectivity index (χ1n) is 4.57. The van der Waals surface area contributed by atoms with Gasteiger partial charge in [0.2, 0.25) is 0 Å². The minimum absolute atomic E-state index is 0.275. The molecular formula is C9H15NO2. The summed E-state index contributed by atoms with van der Waals surface area (Å²) in [6.07, 6.45) is 3.43. The van der Waals surface area contributed by atoms with Crippen LogP contribution in [0, 0.1) is 5.92 Å². The SMILES string of the molecule is OC(C1=COCC1)[C@H]1CCNC1. The fourth-order valence-electron chi connectivity index (χ4n) is 1.87. The monoisotopic (exact) mass is 169 g/mol. The van der Waals surface area contributed by atoms with Gasteiger partial charge in [0.25, 0.3) is 0 Å². The zero-order valence-corrected chi connectivity index (χ0v) is 7.12. The Labute approximate surface area is 72.4 Å². The van der Waals surface area contributed by atoms with E-state index in [0.29, 0.717) is 5.92 Å². The molecule has 0 aromatic carbocycles. The van der Waals surface area contributed by atoms with Gasteiger partial charge in [-0.3, -0.25) is 0 Å². The molecule has 0 bridgehead atoms. The minimum Gasteiger partial charge on any atom is -0.501 e. The predicted octanol–water partition coefficient (Wildman–Crippen LogP) is 0.261. The molecule has 12 heavy (non-hydrogen) atoms. The molecule has 0 spiro atoms. The molecule has 0 saturated carbocycles. The number of rotatable bonds is 2. The first-order valence-corrected chi connectivity index (χ1v) is 4.57.